The number of phenolic OH excluding ortho intramolecular Hbond substituents is 2. The lowest BCUT2D eigenvalue weighted by Gasteiger charge is -2.06. The molecule has 0 fully saturated rings. The number of phenols is 2. The van der Waals surface area contributed by atoms with Crippen molar-refractivity contribution in [3.05, 3.63) is 71.8 Å². The minimum atomic E-state index is -0.194. The minimum Gasteiger partial charge on any atom is -0.508 e. The van der Waals surface area contributed by atoms with Crippen molar-refractivity contribution in [3.63, 3.8) is 0 Å². The zero-order chi connectivity index (χ0) is 14.8. The summed E-state index contributed by atoms with van der Waals surface area (Å²) < 4.78 is 0. The molecule has 21 heavy (non-hydrogen) atoms. The molecule has 0 unspecified atom stereocenters. The van der Waals surface area contributed by atoms with Crippen LogP contribution in [-0.4, -0.2) is 16.0 Å². The van der Waals surface area contributed by atoms with Crippen LogP contribution in [-0.2, 0) is 6.42 Å². The molecule has 0 aliphatic heterocycles. The van der Waals surface area contributed by atoms with Gasteiger partial charge in [0.15, 0.2) is 5.78 Å². The number of aromatic hydroxyl groups is 2. The highest BCUT2D eigenvalue weighted by Gasteiger charge is 2.12. The van der Waals surface area contributed by atoms with Crippen molar-refractivity contribution in [1.29, 1.82) is 0 Å². The zero-order valence-corrected chi connectivity index (χ0v) is 11.3. The molecule has 104 valence electrons. The number of hydrogen-bond acceptors (Lipinski definition) is 3. The molecule has 0 heterocycles. The number of fused-ring (bicyclic) bond motifs is 1. The first-order valence-corrected chi connectivity index (χ1v) is 6.66. The van der Waals surface area contributed by atoms with Gasteiger partial charge in [0, 0.05) is 12.5 Å². The molecular weight excluding hydrogens is 264 g/mol. The molecule has 3 heteroatoms. The number of hydrogen-bond donors (Lipinski definition) is 2. The van der Waals surface area contributed by atoms with Crippen LogP contribution in [0.1, 0.15) is 15.9 Å². The van der Waals surface area contributed by atoms with Crippen molar-refractivity contribution in [2.45, 2.75) is 6.42 Å². The summed E-state index contributed by atoms with van der Waals surface area (Å²) in [6, 6.07) is 17.8. The van der Waals surface area contributed by atoms with Gasteiger partial charge in [0.05, 0.1) is 5.56 Å². The average Bonchev–Trinajstić information content (AvgIpc) is 2.47. The summed E-state index contributed by atoms with van der Waals surface area (Å²) in [5, 5.41) is 21.2. The zero-order valence-electron chi connectivity index (χ0n) is 11.3. The first-order valence-electron chi connectivity index (χ1n) is 6.66. The Bertz CT molecular complexity index is 822. The van der Waals surface area contributed by atoms with E-state index in [4.69, 9.17) is 0 Å². The summed E-state index contributed by atoms with van der Waals surface area (Å²) in [7, 11) is 0. The van der Waals surface area contributed by atoms with Gasteiger partial charge in [-0.3, -0.25) is 4.79 Å². The predicted octanol–water partition coefficient (Wildman–Crippen LogP) is 3.68. The Labute approximate surface area is 122 Å². The van der Waals surface area contributed by atoms with E-state index in [1.54, 1.807) is 0 Å². The highest BCUT2D eigenvalue weighted by Crippen LogP contribution is 2.24. The van der Waals surface area contributed by atoms with Crippen molar-refractivity contribution >= 4 is 16.6 Å². The van der Waals surface area contributed by atoms with Crippen LogP contribution in [0.25, 0.3) is 10.8 Å². The largest absolute Gasteiger partial charge is 0.508 e. The molecule has 0 aliphatic rings. The molecular formula is C18H14O3. The van der Waals surface area contributed by atoms with E-state index in [-0.39, 0.29) is 29.3 Å². The first-order chi connectivity index (χ1) is 10.1. The lowest BCUT2D eigenvalue weighted by molar-refractivity contribution is 0.0990. The quantitative estimate of drug-likeness (QED) is 0.719. The fourth-order valence-electron chi connectivity index (χ4n) is 2.39. The van der Waals surface area contributed by atoms with E-state index in [1.165, 1.54) is 18.2 Å². The topological polar surface area (TPSA) is 57.5 Å². The molecule has 0 saturated carbocycles. The third kappa shape index (κ3) is 2.72. The summed E-state index contributed by atoms with van der Waals surface area (Å²) in [6.07, 6.45) is 0.211. The van der Waals surface area contributed by atoms with Gasteiger partial charge < -0.3 is 10.2 Å². The molecule has 3 rings (SSSR count). The van der Waals surface area contributed by atoms with Gasteiger partial charge in [-0.05, 0) is 28.5 Å². The van der Waals surface area contributed by atoms with E-state index in [0.29, 0.717) is 0 Å². The summed E-state index contributed by atoms with van der Waals surface area (Å²) in [5.41, 5.74) is 1.12. The van der Waals surface area contributed by atoms with Gasteiger partial charge in [0.25, 0.3) is 0 Å². The molecule has 0 spiro atoms. The monoisotopic (exact) mass is 278 g/mol. The van der Waals surface area contributed by atoms with Crippen LogP contribution in [0.3, 0.4) is 0 Å². The van der Waals surface area contributed by atoms with Gasteiger partial charge >= 0.3 is 0 Å². The van der Waals surface area contributed by atoms with E-state index < -0.39 is 0 Å². The van der Waals surface area contributed by atoms with Crippen LogP contribution in [0.15, 0.2) is 60.7 Å². The molecule has 3 nitrogen and oxygen atoms in total. The van der Waals surface area contributed by atoms with Crippen molar-refractivity contribution in [3.8, 4) is 11.5 Å². The van der Waals surface area contributed by atoms with Crippen LogP contribution >= 0.6 is 0 Å². The maximum Gasteiger partial charge on any atom is 0.170 e. The van der Waals surface area contributed by atoms with Crippen LogP contribution in [0.2, 0.25) is 0 Å². The Hall–Kier alpha value is -2.81. The molecule has 0 aliphatic carbocycles. The average molecular weight is 278 g/mol. The van der Waals surface area contributed by atoms with E-state index >= 15 is 0 Å². The van der Waals surface area contributed by atoms with Gasteiger partial charge in [-0.1, -0.05) is 42.5 Å². The number of carbonyl (C=O) groups is 1. The highest BCUT2D eigenvalue weighted by atomic mass is 16.3. The van der Waals surface area contributed by atoms with Crippen LogP contribution in [0.5, 0.6) is 11.5 Å². The van der Waals surface area contributed by atoms with Gasteiger partial charge in [-0.2, -0.15) is 0 Å². The SMILES string of the molecule is O=C(Cc1ccc2ccccc2c1)c1ccc(O)cc1O. The summed E-state index contributed by atoms with van der Waals surface area (Å²) in [4.78, 5) is 12.2. The number of ketones is 1. The number of carbonyl (C=O) groups excluding carboxylic acids is 1. The third-order valence-electron chi connectivity index (χ3n) is 3.46. The van der Waals surface area contributed by atoms with Gasteiger partial charge in [0.1, 0.15) is 11.5 Å². The summed E-state index contributed by atoms with van der Waals surface area (Å²) in [6.45, 7) is 0. The lowest BCUT2D eigenvalue weighted by Crippen LogP contribution is -2.03. The minimum absolute atomic E-state index is 0.0604. The maximum atomic E-state index is 12.2. The van der Waals surface area contributed by atoms with Crippen molar-refractivity contribution in [1.82, 2.24) is 0 Å². The Morgan fingerprint density at radius 1 is 0.857 bits per heavy atom. The second-order valence-electron chi connectivity index (χ2n) is 4.98. The van der Waals surface area contributed by atoms with Crippen molar-refractivity contribution in [2.24, 2.45) is 0 Å². The van der Waals surface area contributed by atoms with Crippen LogP contribution in [0, 0.1) is 0 Å². The van der Waals surface area contributed by atoms with Crippen LogP contribution < -0.4 is 0 Å². The Morgan fingerprint density at radius 2 is 1.62 bits per heavy atom. The number of rotatable bonds is 3. The summed E-state index contributed by atoms with van der Waals surface area (Å²) in [5.74, 6) is -0.432. The van der Waals surface area contributed by atoms with Crippen molar-refractivity contribution in [2.75, 3.05) is 0 Å². The smallest absolute Gasteiger partial charge is 0.170 e. The van der Waals surface area contributed by atoms with Gasteiger partial charge in [0.2, 0.25) is 0 Å². The van der Waals surface area contributed by atoms with Gasteiger partial charge in [-0.15, -0.1) is 0 Å². The summed E-state index contributed by atoms with van der Waals surface area (Å²) >= 11 is 0. The Balaban J connectivity index is 1.89. The van der Waals surface area contributed by atoms with Crippen LogP contribution in [0.4, 0.5) is 0 Å². The molecule has 0 aromatic heterocycles. The third-order valence-corrected chi connectivity index (χ3v) is 3.46. The Kier molecular flexibility index (Phi) is 3.32. The molecule has 0 radical (unpaired) electrons. The van der Waals surface area contributed by atoms with E-state index in [2.05, 4.69) is 0 Å². The fraction of sp³-hybridized carbons (Fsp3) is 0.0556. The molecule has 0 saturated heterocycles. The Morgan fingerprint density at radius 3 is 2.38 bits per heavy atom. The first kappa shape index (κ1) is 13.2. The lowest BCUT2D eigenvalue weighted by atomic mass is 9.99. The number of benzene rings is 3. The van der Waals surface area contributed by atoms with E-state index in [0.717, 1.165) is 16.3 Å². The maximum absolute atomic E-state index is 12.2. The second-order valence-corrected chi connectivity index (χ2v) is 4.98. The molecule has 0 amide bonds. The molecule has 3 aromatic carbocycles. The molecule has 0 atom stereocenters. The molecule has 0 bridgehead atoms. The molecule has 3 aromatic rings. The fourth-order valence-corrected chi connectivity index (χ4v) is 2.39. The standard InChI is InChI=1S/C18H14O3/c19-15-7-8-16(18(21)11-15)17(20)10-12-5-6-13-3-1-2-4-14(13)9-12/h1-9,11,19,21H,10H2. The number of Topliss-reactive ketones (excluding diaryl/α,β-unsaturated/α-hetero) is 1. The highest BCUT2D eigenvalue weighted by molar-refractivity contribution is 6.00. The normalized spacial score (nSPS) is 10.7. The van der Waals surface area contributed by atoms with E-state index in [1.807, 2.05) is 42.5 Å². The second kappa shape index (κ2) is 5.29. The van der Waals surface area contributed by atoms with Gasteiger partial charge in [-0.25, -0.2) is 0 Å². The van der Waals surface area contributed by atoms with E-state index in [9.17, 15) is 15.0 Å². The predicted molar refractivity (Wildman–Crippen MR) is 81.8 cm³/mol. The van der Waals surface area contributed by atoms with Crippen molar-refractivity contribution < 1.29 is 15.0 Å². The molecule has 2 N–H and O–H groups in total.